The van der Waals surface area contributed by atoms with E-state index in [9.17, 15) is 9.59 Å². The van der Waals surface area contributed by atoms with E-state index < -0.39 is 0 Å². The van der Waals surface area contributed by atoms with Crippen LogP contribution >= 0.6 is 0 Å². The second-order valence-corrected chi connectivity index (χ2v) is 6.36. The summed E-state index contributed by atoms with van der Waals surface area (Å²) in [4.78, 5) is 20.9. The third-order valence-electron chi connectivity index (χ3n) is 3.41. The molecule has 1 aromatic carbocycles. The Morgan fingerprint density at radius 1 is 0.960 bits per heavy atom. The second-order valence-electron chi connectivity index (χ2n) is 6.36. The Bertz CT molecular complexity index is 516. The number of allylic oxidation sites excluding steroid dienone is 2. The van der Waals surface area contributed by atoms with Gasteiger partial charge in [-0.05, 0) is 44.6 Å². The largest absolute Gasteiger partial charge is 0.466 e. The maximum Gasteiger partial charge on any atom is 0.302 e. The molecule has 0 aliphatic rings. The van der Waals surface area contributed by atoms with Gasteiger partial charge in [0.1, 0.15) is 6.61 Å². The lowest BCUT2D eigenvalue weighted by Gasteiger charge is -2.09. The number of rotatable bonds is 8. The lowest BCUT2D eigenvalue weighted by Crippen LogP contribution is -2.05. The summed E-state index contributed by atoms with van der Waals surface area (Å²) in [5, 5.41) is 0. The fraction of sp³-hybridized carbons (Fsp3) is 0.524. The molecule has 0 aromatic heterocycles. The van der Waals surface area contributed by atoms with E-state index in [1.807, 2.05) is 30.3 Å². The van der Waals surface area contributed by atoms with Crippen molar-refractivity contribution in [2.45, 2.75) is 60.5 Å². The third-order valence-corrected chi connectivity index (χ3v) is 3.41. The normalized spacial score (nSPS) is 10.8. The summed E-state index contributed by atoms with van der Waals surface area (Å²) in [6, 6.07) is 9.60. The highest BCUT2D eigenvalue weighted by molar-refractivity contribution is 5.66. The van der Waals surface area contributed by atoms with Crippen LogP contribution in [0.15, 0.2) is 42.0 Å². The predicted molar refractivity (Wildman–Crippen MR) is 101 cm³/mol. The van der Waals surface area contributed by atoms with E-state index in [2.05, 4.69) is 26.8 Å². The standard InChI is InChI=1S/C12H22O2.C9H10O2/c1-10(2)6-5-7-11(3)8-9-14-12(4)13;1-8(10)11-7-9-5-3-2-4-6-9/h6,11H,5,7-9H2,1-4H3;2-6H,7H2,1H3. The molecule has 0 radical (unpaired) electrons. The predicted octanol–water partition coefficient (Wildman–Crippen LogP) is 5.07. The molecule has 0 N–H and O–H groups in total. The van der Waals surface area contributed by atoms with E-state index in [1.165, 1.54) is 25.8 Å². The van der Waals surface area contributed by atoms with Gasteiger partial charge in [-0.25, -0.2) is 0 Å². The minimum Gasteiger partial charge on any atom is -0.466 e. The highest BCUT2D eigenvalue weighted by Crippen LogP contribution is 2.11. The van der Waals surface area contributed by atoms with Crippen LogP contribution in [-0.2, 0) is 25.7 Å². The first-order chi connectivity index (χ1) is 11.8. The van der Waals surface area contributed by atoms with Gasteiger partial charge >= 0.3 is 11.9 Å². The molecule has 4 nitrogen and oxygen atoms in total. The number of carbonyl (C=O) groups excluding carboxylic acids is 2. The average Bonchev–Trinajstić information content (AvgIpc) is 2.54. The summed E-state index contributed by atoms with van der Waals surface area (Å²) in [7, 11) is 0. The van der Waals surface area contributed by atoms with Crippen LogP contribution < -0.4 is 0 Å². The number of ether oxygens (including phenoxy) is 2. The van der Waals surface area contributed by atoms with E-state index in [0.29, 0.717) is 19.1 Å². The van der Waals surface area contributed by atoms with Crippen LogP contribution in [0.3, 0.4) is 0 Å². The molecule has 0 saturated carbocycles. The van der Waals surface area contributed by atoms with Crippen molar-refractivity contribution >= 4 is 11.9 Å². The van der Waals surface area contributed by atoms with E-state index in [4.69, 9.17) is 9.47 Å². The summed E-state index contributed by atoms with van der Waals surface area (Å²) in [5.41, 5.74) is 2.39. The lowest BCUT2D eigenvalue weighted by molar-refractivity contribution is -0.142. The maximum absolute atomic E-state index is 10.5. The summed E-state index contributed by atoms with van der Waals surface area (Å²) in [5.74, 6) is 0.209. The minimum atomic E-state index is -0.242. The number of hydrogen-bond acceptors (Lipinski definition) is 4. The van der Waals surface area contributed by atoms with Gasteiger partial charge < -0.3 is 9.47 Å². The van der Waals surface area contributed by atoms with Gasteiger partial charge in [-0.1, -0.05) is 48.9 Å². The van der Waals surface area contributed by atoms with Gasteiger partial charge in [-0.15, -0.1) is 0 Å². The molecule has 140 valence electrons. The van der Waals surface area contributed by atoms with Crippen molar-refractivity contribution in [3.05, 3.63) is 47.5 Å². The molecule has 0 aliphatic heterocycles. The highest BCUT2D eigenvalue weighted by atomic mass is 16.5. The van der Waals surface area contributed by atoms with Crippen LogP contribution in [0.4, 0.5) is 0 Å². The first-order valence-electron chi connectivity index (χ1n) is 8.75. The maximum atomic E-state index is 10.5. The van der Waals surface area contributed by atoms with Gasteiger partial charge in [0.2, 0.25) is 0 Å². The van der Waals surface area contributed by atoms with Crippen molar-refractivity contribution in [1.29, 1.82) is 0 Å². The fourth-order valence-corrected chi connectivity index (χ4v) is 1.96. The molecule has 0 spiro atoms. The van der Waals surface area contributed by atoms with Gasteiger partial charge in [0, 0.05) is 13.8 Å². The molecule has 0 saturated heterocycles. The molecular formula is C21H32O4. The van der Waals surface area contributed by atoms with E-state index in [-0.39, 0.29) is 11.9 Å². The Labute approximate surface area is 152 Å². The Morgan fingerprint density at radius 3 is 2.08 bits per heavy atom. The molecule has 25 heavy (non-hydrogen) atoms. The Balaban J connectivity index is 0.000000472. The quantitative estimate of drug-likeness (QED) is 0.486. The number of carbonyl (C=O) groups is 2. The second kappa shape index (κ2) is 14.3. The molecule has 1 aromatic rings. The molecule has 4 heteroatoms. The molecule has 0 heterocycles. The van der Waals surface area contributed by atoms with Crippen LogP contribution in [0, 0.1) is 5.92 Å². The Hall–Kier alpha value is -2.10. The summed E-state index contributed by atoms with van der Waals surface area (Å²) >= 11 is 0. The van der Waals surface area contributed by atoms with Crippen molar-refractivity contribution in [3.8, 4) is 0 Å². The number of benzene rings is 1. The van der Waals surface area contributed by atoms with E-state index in [1.54, 1.807) is 0 Å². The van der Waals surface area contributed by atoms with E-state index in [0.717, 1.165) is 18.4 Å². The summed E-state index contributed by atoms with van der Waals surface area (Å²) in [6.07, 6.45) is 5.52. The summed E-state index contributed by atoms with van der Waals surface area (Å²) in [6.45, 7) is 10.2. The monoisotopic (exact) mass is 348 g/mol. The van der Waals surface area contributed by atoms with Gasteiger partial charge in [-0.3, -0.25) is 9.59 Å². The van der Waals surface area contributed by atoms with Gasteiger partial charge in [0.25, 0.3) is 0 Å². The van der Waals surface area contributed by atoms with Crippen LogP contribution in [0.5, 0.6) is 0 Å². The lowest BCUT2D eigenvalue weighted by atomic mass is 10.0. The topological polar surface area (TPSA) is 52.6 Å². The number of esters is 2. The zero-order valence-corrected chi connectivity index (χ0v) is 16.2. The van der Waals surface area contributed by atoms with Crippen molar-refractivity contribution < 1.29 is 19.1 Å². The molecule has 0 aliphatic carbocycles. The van der Waals surface area contributed by atoms with Crippen LogP contribution in [0.1, 0.15) is 59.4 Å². The van der Waals surface area contributed by atoms with Gasteiger partial charge in [-0.2, -0.15) is 0 Å². The first kappa shape index (κ1) is 22.9. The fourth-order valence-electron chi connectivity index (χ4n) is 1.96. The molecular weight excluding hydrogens is 316 g/mol. The molecule has 1 rings (SSSR count). The van der Waals surface area contributed by atoms with Crippen molar-refractivity contribution in [2.75, 3.05) is 6.61 Å². The first-order valence-corrected chi connectivity index (χ1v) is 8.75. The van der Waals surface area contributed by atoms with Crippen LogP contribution in [0.25, 0.3) is 0 Å². The summed E-state index contributed by atoms with van der Waals surface area (Å²) < 4.78 is 9.67. The molecule has 1 unspecified atom stereocenters. The molecule has 0 bridgehead atoms. The Kier molecular flexibility index (Phi) is 13.1. The molecule has 0 amide bonds. The van der Waals surface area contributed by atoms with Gasteiger partial charge in [0.15, 0.2) is 0 Å². The third kappa shape index (κ3) is 16.5. The van der Waals surface area contributed by atoms with Crippen LogP contribution in [-0.4, -0.2) is 18.5 Å². The molecule has 1 atom stereocenters. The average molecular weight is 348 g/mol. The van der Waals surface area contributed by atoms with Crippen molar-refractivity contribution in [3.63, 3.8) is 0 Å². The Morgan fingerprint density at radius 2 is 1.56 bits per heavy atom. The van der Waals surface area contributed by atoms with Crippen molar-refractivity contribution in [2.24, 2.45) is 5.92 Å². The zero-order valence-electron chi connectivity index (χ0n) is 16.2. The SMILES string of the molecule is CC(=O)OCCC(C)CCC=C(C)C.CC(=O)OCc1ccccc1. The van der Waals surface area contributed by atoms with Gasteiger partial charge in [0.05, 0.1) is 6.61 Å². The number of hydrogen-bond donors (Lipinski definition) is 0. The minimum absolute atomic E-state index is 0.179. The smallest absolute Gasteiger partial charge is 0.302 e. The molecule has 0 fully saturated rings. The van der Waals surface area contributed by atoms with E-state index >= 15 is 0 Å². The van der Waals surface area contributed by atoms with Crippen LogP contribution in [0.2, 0.25) is 0 Å². The van der Waals surface area contributed by atoms with Crippen molar-refractivity contribution in [1.82, 2.24) is 0 Å². The highest BCUT2D eigenvalue weighted by Gasteiger charge is 2.02. The zero-order chi connectivity index (χ0) is 19.1.